The van der Waals surface area contributed by atoms with E-state index in [0.717, 1.165) is 5.56 Å². The second-order valence-electron chi connectivity index (χ2n) is 3.13. The van der Waals surface area contributed by atoms with Crippen molar-refractivity contribution in [2.75, 3.05) is 14.2 Å². The molecule has 1 aromatic rings. The smallest absolute Gasteiger partial charge is 0.160 e. The van der Waals surface area contributed by atoms with Crippen LogP contribution in [0.25, 0.3) is 0 Å². The molecule has 0 aromatic heterocycles. The monoisotopic (exact) mass is 242 g/mol. The number of rotatable bonds is 4. The van der Waals surface area contributed by atoms with Gasteiger partial charge in [-0.05, 0) is 17.7 Å². The third-order valence-corrected chi connectivity index (χ3v) is 2.07. The van der Waals surface area contributed by atoms with Crippen LogP contribution in [0, 0.1) is 11.3 Å². The van der Waals surface area contributed by atoms with E-state index in [9.17, 15) is 0 Å². The molecule has 1 aromatic carbocycles. The Labute approximate surface area is 101 Å². The third-order valence-electron chi connectivity index (χ3n) is 2.07. The van der Waals surface area contributed by atoms with Gasteiger partial charge in [-0.3, -0.25) is 0 Å². The van der Waals surface area contributed by atoms with Gasteiger partial charge in [-0.25, -0.2) is 0 Å². The molecular formula is C11H15ClN2O2. The highest BCUT2D eigenvalue weighted by molar-refractivity contribution is 5.85. The normalized spacial score (nSPS) is 10.9. The van der Waals surface area contributed by atoms with Crippen LogP contribution in [0.15, 0.2) is 18.2 Å². The number of benzene rings is 1. The van der Waals surface area contributed by atoms with Crippen molar-refractivity contribution >= 4 is 12.4 Å². The van der Waals surface area contributed by atoms with Crippen molar-refractivity contribution in [2.45, 2.75) is 12.5 Å². The Morgan fingerprint density at radius 2 is 1.94 bits per heavy atom. The van der Waals surface area contributed by atoms with Crippen LogP contribution in [-0.4, -0.2) is 20.3 Å². The van der Waals surface area contributed by atoms with E-state index in [1.807, 2.05) is 18.2 Å². The molecule has 5 heteroatoms. The van der Waals surface area contributed by atoms with Crippen LogP contribution in [0.5, 0.6) is 11.5 Å². The van der Waals surface area contributed by atoms with Crippen molar-refractivity contribution in [3.8, 4) is 17.6 Å². The van der Waals surface area contributed by atoms with Crippen molar-refractivity contribution in [3.63, 3.8) is 0 Å². The Kier molecular flexibility index (Phi) is 6.31. The van der Waals surface area contributed by atoms with E-state index in [2.05, 4.69) is 0 Å². The minimum Gasteiger partial charge on any atom is -0.493 e. The molecule has 0 saturated heterocycles. The van der Waals surface area contributed by atoms with Gasteiger partial charge in [-0.1, -0.05) is 6.07 Å². The fourth-order valence-corrected chi connectivity index (χ4v) is 1.31. The fraction of sp³-hybridized carbons (Fsp3) is 0.364. The van der Waals surface area contributed by atoms with Gasteiger partial charge in [0.2, 0.25) is 0 Å². The molecule has 1 atom stereocenters. The molecular weight excluding hydrogens is 228 g/mol. The quantitative estimate of drug-likeness (QED) is 0.869. The molecule has 1 unspecified atom stereocenters. The van der Waals surface area contributed by atoms with E-state index >= 15 is 0 Å². The molecule has 0 heterocycles. The third kappa shape index (κ3) is 3.61. The molecule has 0 saturated carbocycles. The van der Waals surface area contributed by atoms with E-state index < -0.39 is 6.04 Å². The molecule has 0 bridgehead atoms. The lowest BCUT2D eigenvalue weighted by atomic mass is 10.1. The van der Waals surface area contributed by atoms with Crippen LogP contribution in [-0.2, 0) is 6.42 Å². The van der Waals surface area contributed by atoms with Gasteiger partial charge in [0.05, 0.1) is 26.3 Å². The van der Waals surface area contributed by atoms with Gasteiger partial charge in [-0.15, -0.1) is 12.4 Å². The molecule has 0 spiro atoms. The summed E-state index contributed by atoms with van der Waals surface area (Å²) >= 11 is 0. The highest BCUT2D eigenvalue weighted by Gasteiger charge is 2.07. The number of nitrogens with two attached hydrogens (primary N) is 1. The second kappa shape index (κ2) is 6.94. The van der Waals surface area contributed by atoms with Crippen molar-refractivity contribution < 1.29 is 9.47 Å². The summed E-state index contributed by atoms with van der Waals surface area (Å²) in [5, 5.41) is 8.59. The Bertz CT molecular complexity index is 377. The summed E-state index contributed by atoms with van der Waals surface area (Å²) in [4.78, 5) is 0. The number of nitriles is 1. The van der Waals surface area contributed by atoms with Crippen LogP contribution in [0.3, 0.4) is 0 Å². The topological polar surface area (TPSA) is 68.3 Å². The first kappa shape index (κ1) is 14.6. The lowest BCUT2D eigenvalue weighted by Crippen LogP contribution is -2.20. The molecule has 88 valence electrons. The molecule has 0 amide bonds. The van der Waals surface area contributed by atoms with E-state index in [4.69, 9.17) is 20.5 Å². The van der Waals surface area contributed by atoms with Gasteiger partial charge in [0.25, 0.3) is 0 Å². The van der Waals surface area contributed by atoms with Crippen molar-refractivity contribution in [1.82, 2.24) is 0 Å². The molecule has 16 heavy (non-hydrogen) atoms. The van der Waals surface area contributed by atoms with E-state index in [-0.39, 0.29) is 12.4 Å². The Balaban J connectivity index is 0.00000225. The minimum absolute atomic E-state index is 0. The summed E-state index contributed by atoms with van der Waals surface area (Å²) in [7, 11) is 3.16. The number of hydrogen-bond acceptors (Lipinski definition) is 4. The largest absolute Gasteiger partial charge is 0.493 e. The summed E-state index contributed by atoms with van der Waals surface area (Å²) in [5.74, 6) is 1.33. The van der Waals surface area contributed by atoms with Gasteiger partial charge in [0.1, 0.15) is 0 Å². The van der Waals surface area contributed by atoms with Crippen LogP contribution in [0.2, 0.25) is 0 Å². The van der Waals surface area contributed by atoms with Crippen molar-refractivity contribution in [3.05, 3.63) is 23.8 Å². The van der Waals surface area contributed by atoms with Crippen LogP contribution in [0.1, 0.15) is 5.56 Å². The molecule has 2 N–H and O–H groups in total. The highest BCUT2D eigenvalue weighted by Crippen LogP contribution is 2.27. The molecule has 0 aliphatic carbocycles. The zero-order chi connectivity index (χ0) is 11.3. The first-order valence-corrected chi connectivity index (χ1v) is 4.57. The van der Waals surface area contributed by atoms with Gasteiger partial charge in [-0.2, -0.15) is 5.26 Å². The highest BCUT2D eigenvalue weighted by atomic mass is 35.5. The summed E-state index contributed by atoms with van der Waals surface area (Å²) < 4.78 is 10.2. The summed E-state index contributed by atoms with van der Waals surface area (Å²) in [5.41, 5.74) is 6.49. The van der Waals surface area contributed by atoms with Crippen LogP contribution in [0.4, 0.5) is 0 Å². The molecule has 0 aliphatic rings. The summed E-state index contributed by atoms with van der Waals surface area (Å²) in [6.07, 6.45) is 0.511. The van der Waals surface area contributed by atoms with Crippen LogP contribution >= 0.6 is 12.4 Å². The predicted octanol–water partition coefficient (Wildman–Crippen LogP) is 1.52. The summed E-state index contributed by atoms with van der Waals surface area (Å²) in [6, 6.07) is 7.01. The first-order valence-electron chi connectivity index (χ1n) is 4.57. The van der Waals surface area contributed by atoms with E-state index in [0.29, 0.717) is 17.9 Å². The van der Waals surface area contributed by atoms with Crippen molar-refractivity contribution in [1.29, 1.82) is 5.26 Å². The average Bonchev–Trinajstić information content (AvgIpc) is 2.28. The average molecular weight is 243 g/mol. The summed E-state index contributed by atoms with van der Waals surface area (Å²) in [6.45, 7) is 0. The Morgan fingerprint density at radius 1 is 1.31 bits per heavy atom. The number of hydrogen-bond donors (Lipinski definition) is 1. The van der Waals surface area contributed by atoms with Crippen LogP contribution < -0.4 is 15.2 Å². The molecule has 4 nitrogen and oxygen atoms in total. The molecule has 0 radical (unpaired) electrons. The number of nitrogens with zero attached hydrogens (tertiary/aromatic N) is 1. The molecule has 0 aliphatic heterocycles. The van der Waals surface area contributed by atoms with Crippen molar-refractivity contribution in [2.24, 2.45) is 5.73 Å². The number of ether oxygens (including phenoxy) is 2. The number of halogens is 1. The predicted molar refractivity (Wildman–Crippen MR) is 64.1 cm³/mol. The first-order chi connectivity index (χ1) is 7.21. The van der Waals surface area contributed by atoms with Gasteiger partial charge in [0, 0.05) is 6.42 Å². The minimum atomic E-state index is -0.483. The van der Waals surface area contributed by atoms with E-state index in [1.54, 1.807) is 20.3 Å². The number of methoxy groups -OCH3 is 2. The van der Waals surface area contributed by atoms with E-state index in [1.165, 1.54) is 0 Å². The Hall–Kier alpha value is -1.44. The maximum atomic E-state index is 8.59. The zero-order valence-electron chi connectivity index (χ0n) is 9.27. The molecule has 0 fully saturated rings. The maximum Gasteiger partial charge on any atom is 0.160 e. The standard InChI is InChI=1S/C11H14N2O2.ClH/c1-14-10-4-3-8(5-9(13)7-12)6-11(10)15-2;/h3-4,6,9H,5,13H2,1-2H3;1H. The lowest BCUT2D eigenvalue weighted by Gasteiger charge is -2.09. The van der Waals surface area contributed by atoms with Gasteiger partial charge >= 0.3 is 0 Å². The lowest BCUT2D eigenvalue weighted by molar-refractivity contribution is 0.354. The Morgan fingerprint density at radius 3 is 2.44 bits per heavy atom. The zero-order valence-corrected chi connectivity index (χ0v) is 10.1. The van der Waals surface area contributed by atoms with Gasteiger partial charge < -0.3 is 15.2 Å². The SMILES string of the molecule is COc1ccc(CC(N)C#N)cc1OC.Cl. The second-order valence-corrected chi connectivity index (χ2v) is 3.13. The fourth-order valence-electron chi connectivity index (χ4n) is 1.31. The van der Waals surface area contributed by atoms with Gasteiger partial charge in [0.15, 0.2) is 11.5 Å². The maximum absolute atomic E-state index is 8.59. The molecule has 1 rings (SSSR count).